The van der Waals surface area contributed by atoms with E-state index in [2.05, 4.69) is 15.3 Å². The topological polar surface area (TPSA) is 77.2 Å². The van der Waals surface area contributed by atoms with Crippen molar-refractivity contribution < 1.29 is 13.9 Å². The van der Waals surface area contributed by atoms with E-state index in [1.165, 1.54) is 11.3 Å². The molecule has 6 nitrogen and oxygen atoms in total. The minimum Gasteiger partial charge on any atom is -0.497 e. The molecule has 3 heterocycles. The number of benzene rings is 2. The minimum atomic E-state index is -0.102. The molecule has 2 aromatic carbocycles. The third kappa shape index (κ3) is 4.42. The van der Waals surface area contributed by atoms with Crippen molar-refractivity contribution in [2.45, 2.75) is 13.0 Å². The molecule has 3 aromatic heterocycles. The van der Waals surface area contributed by atoms with Crippen LogP contribution in [0.15, 0.2) is 70.5 Å². The van der Waals surface area contributed by atoms with Crippen LogP contribution in [0.5, 0.6) is 5.75 Å². The summed E-state index contributed by atoms with van der Waals surface area (Å²) in [5.41, 5.74) is 2.70. The fraction of sp³-hybridized carbons (Fsp3) is 0.125. The van der Waals surface area contributed by atoms with Gasteiger partial charge >= 0.3 is 0 Å². The number of ether oxygens (including phenoxy) is 1. The fourth-order valence-electron chi connectivity index (χ4n) is 3.23. The maximum absolute atomic E-state index is 12.4. The highest BCUT2D eigenvalue weighted by atomic mass is 32.1. The van der Waals surface area contributed by atoms with Crippen molar-refractivity contribution in [2.75, 3.05) is 7.11 Å². The third-order valence-electron chi connectivity index (χ3n) is 4.86. The molecule has 160 valence electrons. The van der Waals surface area contributed by atoms with E-state index in [9.17, 15) is 4.79 Å². The number of thiazole rings is 2. The number of amides is 1. The highest BCUT2D eigenvalue weighted by Crippen LogP contribution is 2.31. The average Bonchev–Trinajstić information content (AvgIpc) is 3.57. The second kappa shape index (κ2) is 8.94. The number of carbonyl (C=O) groups is 1. The lowest BCUT2D eigenvalue weighted by Gasteiger charge is -2.02. The summed E-state index contributed by atoms with van der Waals surface area (Å²) in [5, 5.41) is 6.52. The number of carbonyl (C=O) groups excluding carboxylic acids is 1. The van der Waals surface area contributed by atoms with E-state index in [1.807, 2.05) is 66.0 Å². The van der Waals surface area contributed by atoms with E-state index in [1.54, 1.807) is 18.4 Å². The number of fused-ring (bicyclic) bond motifs is 1. The summed E-state index contributed by atoms with van der Waals surface area (Å²) >= 11 is 3.10. The Hall–Kier alpha value is -3.49. The molecule has 0 radical (unpaired) electrons. The lowest BCUT2D eigenvalue weighted by molar-refractivity contribution is -0.120. The summed E-state index contributed by atoms with van der Waals surface area (Å²) < 4.78 is 12.2. The molecule has 0 aliphatic rings. The number of nitrogens with zero attached hydrogens (tertiary/aromatic N) is 2. The molecule has 8 heteroatoms. The van der Waals surface area contributed by atoms with Crippen LogP contribution in [-0.4, -0.2) is 23.0 Å². The SMILES string of the molecule is COc1ccc(-c2nc(CC(=O)NCc3ccc(-c4nc5ccccc5s4)o3)cs2)cc1. The Morgan fingerprint density at radius 3 is 2.69 bits per heavy atom. The first-order valence-corrected chi connectivity index (χ1v) is 11.7. The number of methoxy groups -OCH3 is 1. The Morgan fingerprint density at radius 1 is 1.03 bits per heavy atom. The highest BCUT2D eigenvalue weighted by Gasteiger charge is 2.13. The van der Waals surface area contributed by atoms with Crippen LogP contribution in [0.2, 0.25) is 0 Å². The molecular weight excluding hydrogens is 442 g/mol. The van der Waals surface area contributed by atoms with Gasteiger partial charge < -0.3 is 14.5 Å². The predicted molar refractivity (Wildman–Crippen MR) is 127 cm³/mol. The second-order valence-electron chi connectivity index (χ2n) is 7.08. The predicted octanol–water partition coefficient (Wildman–Crippen LogP) is 5.55. The number of hydrogen-bond acceptors (Lipinski definition) is 7. The maximum Gasteiger partial charge on any atom is 0.226 e. The zero-order valence-corrected chi connectivity index (χ0v) is 18.8. The smallest absolute Gasteiger partial charge is 0.226 e. The maximum atomic E-state index is 12.4. The van der Waals surface area contributed by atoms with Crippen LogP contribution in [0.4, 0.5) is 0 Å². The van der Waals surface area contributed by atoms with E-state index in [0.29, 0.717) is 18.1 Å². The van der Waals surface area contributed by atoms with Gasteiger partial charge in [-0.3, -0.25) is 4.79 Å². The number of para-hydroxylation sites is 1. The molecule has 0 aliphatic heterocycles. The van der Waals surface area contributed by atoms with Crippen LogP contribution in [0.25, 0.3) is 31.6 Å². The van der Waals surface area contributed by atoms with Crippen molar-refractivity contribution in [3.05, 3.63) is 77.5 Å². The van der Waals surface area contributed by atoms with Crippen molar-refractivity contribution in [3.8, 4) is 27.1 Å². The molecule has 1 amide bonds. The van der Waals surface area contributed by atoms with Crippen LogP contribution in [-0.2, 0) is 17.8 Å². The first-order valence-electron chi connectivity index (χ1n) is 9.98. The molecule has 0 unspecified atom stereocenters. The molecular formula is C24H19N3O3S2. The summed E-state index contributed by atoms with van der Waals surface area (Å²) in [5.74, 6) is 2.09. The van der Waals surface area contributed by atoms with E-state index in [4.69, 9.17) is 9.15 Å². The molecule has 0 saturated carbocycles. The van der Waals surface area contributed by atoms with E-state index in [0.717, 1.165) is 37.2 Å². The zero-order valence-electron chi connectivity index (χ0n) is 17.2. The Balaban J connectivity index is 1.18. The van der Waals surface area contributed by atoms with Gasteiger partial charge in [-0.1, -0.05) is 12.1 Å². The summed E-state index contributed by atoms with van der Waals surface area (Å²) in [7, 11) is 1.64. The van der Waals surface area contributed by atoms with Gasteiger partial charge in [-0.15, -0.1) is 22.7 Å². The standard InChI is InChI=1S/C24H19N3O3S2/c1-29-17-8-6-15(7-9-17)23-26-16(14-31-23)12-22(28)25-13-18-10-11-20(30-18)24-27-19-4-2-3-5-21(19)32-24/h2-11,14H,12-13H2,1H3,(H,25,28). The quantitative estimate of drug-likeness (QED) is 0.344. The molecule has 0 bridgehead atoms. The van der Waals surface area contributed by atoms with E-state index >= 15 is 0 Å². The number of rotatable bonds is 7. The Kier molecular flexibility index (Phi) is 5.70. The molecule has 0 atom stereocenters. The first kappa shape index (κ1) is 20.4. The van der Waals surface area contributed by atoms with Gasteiger partial charge in [0, 0.05) is 10.9 Å². The van der Waals surface area contributed by atoms with Gasteiger partial charge in [0.15, 0.2) is 10.8 Å². The molecule has 1 N–H and O–H groups in total. The summed E-state index contributed by atoms with van der Waals surface area (Å²) in [6.07, 6.45) is 0.220. The molecule has 5 rings (SSSR count). The van der Waals surface area contributed by atoms with Gasteiger partial charge in [-0.05, 0) is 48.5 Å². The second-order valence-corrected chi connectivity index (χ2v) is 8.97. The monoisotopic (exact) mass is 461 g/mol. The fourth-order valence-corrected chi connectivity index (χ4v) is 4.99. The molecule has 0 saturated heterocycles. The number of furan rings is 1. The highest BCUT2D eigenvalue weighted by molar-refractivity contribution is 7.21. The Morgan fingerprint density at radius 2 is 1.88 bits per heavy atom. The molecule has 0 spiro atoms. The van der Waals surface area contributed by atoms with E-state index in [-0.39, 0.29) is 12.3 Å². The van der Waals surface area contributed by atoms with Gasteiger partial charge in [0.2, 0.25) is 5.91 Å². The first-order chi connectivity index (χ1) is 15.7. The largest absolute Gasteiger partial charge is 0.497 e. The third-order valence-corrected chi connectivity index (χ3v) is 6.85. The zero-order chi connectivity index (χ0) is 21.9. The molecule has 32 heavy (non-hydrogen) atoms. The van der Waals surface area contributed by atoms with Crippen LogP contribution in [0, 0.1) is 0 Å². The molecule has 5 aromatic rings. The lowest BCUT2D eigenvalue weighted by atomic mass is 10.2. The Bertz CT molecular complexity index is 1340. The van der Waals surface area contributed by atoms with Crippen LogP contribution in [0.3, 0.4) is 0 Å². The van der Waals surface area contributed by atoms with Crippen molar-refractivity contribution in [3.63, 3.8) is 0 Å². The minimum absolute atomic E-state index is 0.102. The normalized spacial score (nSPS) is 11.0. The number of hydrogen-bond donors (Lipinski definition) is 1. The van der Waals surface area contributed by atoms with Gasteiger partial charge in [0.05, 0.1) is 36.0 Å². The molecule has 0 aliphatic carbocycles. The van der Waals surface area contributed by atoms with Crippen LogP contribution < -0.4 is 10.1 Å². The Labute approximate surface area is 192 Å². The van der Waals surface area contributed by atoms with E-state index < -0.39 is 0 Å². The van der Waals surface area contributed by atoms with Crippen molar-refractivity contribution in [1.29, 1.82) is 0 Å². The molecule has 0 fully saturated rings. The van der Waals surface area contributed by atoms with Gasteiger partial charge in [-0.25, -0.2) is 9.97 Å². The van der Waals surface area contributed by atoms with Crippen LogP contribution in [0.1, 0.15) is 11.5 Å². The van der Waals surface area contributed by atoms with Gasteiger partial charge in [0.1, 0.15) is 16.5 Å². The van der Waals surface area contributed by atoms with Gasteiger partial charge in [-0.2, -0.15) is 0 Å². The van der Waals surface area contributed by atoms with Crippen molar-refractivity contribution >= 4 is 38.8 Å². The van der Waals surface area contributed by atoms with Crippen molar-refractivity contribution in [2.24, 2.45) is 0 Å². The van der Waals surface area contributed by atoms with Crippen molar-refractivity contribution in [1.82, 2.24) is 15.3 Å². The lowest BCUT2D eigenvalue weighted by Crippen LogP contribution is -2.24. The average molecular weight is 462 g/mol. The van der Waals surface area contributed by atoms with Crippen LogP contribution >= 0.6 is 22.7 Å². The summed E-state index contributed by atoms with van der Waals surface area (Å²) in [6, 6.07) is 19.5. The number of nitrogens with one attached hydrogen (secondary N) is 1. The number of aromatic nitrogens is 2. The van der Waals surface area contributed by atoms with Gasteiger partial charge in [0.25, 0.3) is 0 Å². The summed E-state index contributed by atoms with van der Waals surface area (Å²) in [6.45, 7) is 0.319. The summed E-state index contributed by atoms with van der Waals surface area (Å²) in [4.78, 5) is 21.6.